The highest BCUT2D eigenvalue weighted by atomic mass is 28.4. The number of allylic oxidation sites excluding steroid dienone is 1. The first kappa shape index (κ1) is 14.0. The monoisotopic (exact) mass is 248 g/mol. The van der Waals surface area contributed by atoms with E-state index in [9.17, 15) is 0 Å². The number of hydrogen-bond acceptors (Lipinski definition) is 1. The van der Waals surface area contributed by atoms with Gasteiger partial charge in [-0.05, 0) is 31.1 Å². The average molecular weight is 248 g/mol. The highest BCUT2D eigenvalue weighted by molar-refractivity contribution is 6.74. The van der Waals surface area contributed by atoms with Crippen molar-refractivity contribution in [1.29, 1.82) is 0 Å². The fraction of sp³-hybridized carbons (Fsp3) is 0.467. The Morgan fingerprint density at radius 3 is 2.06 bits per heavy atom. The third kappa shape index (κ3) is 3.47. The van der Waals surface area contributed by atoms with Crippen LogP contribution in [0.2, 0.25) is 18.1 Å². The quantitative estimate of drug-likeness (QED) is 0.536. The van der Waals surface area contributed by atoms with Crippen LogP contribution in [-0.4, -0.2) is 8.32 Å². The standard InChI is InChI=1S/C15H24OSi/c1-7-14(13-11-9-8-10-12-13)16-17(5,6)15(2,3)4/h7-12H,1-6H3/b14-7-. The average Bonchev–Trinajstić information content (AvgIpc) is 2.25. The minimum Gasteiger partial charge on any atom is -0.543 e. The van der Waals surface area contributed by atoms with Gasteiger partial charge in [-0.15, -0.1) is 0 Å². The van der Waals surface area contributed by atoms with Crippen LogP contribution < -0.4 is 0 Å². The molecule has 0 aliphatic rings. The molecule has 0 amide bonds. The first-order valence-corrected chi connectivity index (χ1v) is 9.09. The third-order valence-electron chi connectivity index (χ3n) is 3.49. The minimum absolute atomic E-state index is 0.232. The van der Waals surface area contributed by atoms with Gasteiger partial charge in [0.2, 0.25) is 8.32 Å². The highest BCUT2D eigenvalue weighted by Gasteiger charge is 2.39. The fourth-order valence-corrected chi connectivity index (χ4v) is 2.41. The smallest absolute Gasteiger partial charge is 0.250 e. The van der Waals surface area contributed by atoms with E-state index in [1.54, 1.807) is 0 Å². The van der Waals surface area contributed by atoms with Crippen molar-refractivity contribution in [2.45, 2.75) is 45.8 Å². The SMILES string of the molecule is C/C=C(\O[Si](C)(C)C(C)(C)C)c1ccccc1. The second-order valence-electron chi connectivity index (χ2n) is 5.88. The summed E-state index contributed by atoms with van der Waals surface area (Å²) in [6, 6.07) is 10.3. The molecule has 0 spiro atoms. The van der Waals surface area contributed by atoms with E-state index in [2.05, 4.69) is 52.1 Å². The van der Waals surface area contributed by atoms with Crippen molar-refractivity contribution in [1.82, 2.24) is 0 Å². The lowest BCUT2D eigenvalue weighted by molar-refractivity contribution is 0.457. The molecule has 0 N–H and O–H groups in total. The second-order valence-corrected chi connectivity index (χ2v) is 10.6. The van der Waals surface area contributed by atoms with Gasteiger partial charge in [-0.3, -0.25) is 0 Å². The van der Waals surface area contributed by atoms with Crippen molar-refractivity contribution in [3.63, 3.8) is 0 Å². The summed E-state index contributed by atoms with van der Waals surface area (Å²) in [6.07, 6.45) is 2.07. The Morgan fingerprint density at radius 2 is 1.65 bits per heavy atom. The van der Waals surface area contributed by atoms with Gasteiger partial charge in [0.15, 0.2) is 0 Å². The van der Waals surface area contributed by atoms with Crippen LogP contribution in [0.3, 0.4) is 0 Å². The van der Waals surface area contributed by atoms with Gasteiger partial charge < -0.3 is 4.43 Å². The van der Waals surface area contributed by atoms with E-state index in [0.717, 1.165) is 5.76 Å². The molecule has 17 heavy (non-hydrogen) atoms. The predicted molar refractivity (Wildman–Crippen MR) is 78.4 cm³/mol. The maximum absolute atomic E-state index is 6.34. The van der Waals surface area contributed by atoms with Gasteiger partial charge in [0.25, 0.3) is 0 Å². The Kier molecular flexibility index (Phi) is 4.20. The summed E-state index contributed by atoms with van der Waals surface area (Å²) < 4.78 is 6.34. The molecule has 0 aromatic heterocycles. The molecule has 0 saturated heterocycles. The molecular formula is C15H24OSi. The van der Waals surface area contributed by atoms with Crippen molar-refractivity contribution in [2.24, 2.45) is 0 Å². The molecule has 0 fully saturated rings. The Hall–Kier alpha value is -1.02. The summed E-state index contributed by atoms with van der Waals surface area (Å²) >= 11 is 0. The molecule has 0 heterocycles. The van der Waals surface area contributed by atoms with E-state index in [1.807, 2.05) is 25.1 Å². The number of hydrogen-bond donors (Lipinski definition) is 0. The number of rotatable bonds is 3. The van der Waals surface area contributed by atoms with Crippen molar-refractivity contribution >= 4 is 14.1 Å². The summed E-state index contributed by atoms with van der Waals surface area (Å²) in [7, 11) is -1.74. The van der Waals surface area contributed by atoms with Gasteiger partial charge in [-0.25, -0.2) is 0 Å². The van der Waals surface area contributed by atoms with Crippen LogP contribution in [0.1, 0.15) is 33.3 Å². The lowest BCUT2D eigenvalue weighted by Gasteiger charge is -2.37. The van der Waals surface area contributed by atoms with Gasteiger partial charge in [-0.1, -0.05) is 51.1 Å². The van der Waals surface area contributed by atoms with Gasteiger partial charge in [-0.2, -0.15) is 0 Å². The minimum atomic E-state index is -1.74. The molecular weight excluding hydrogens is 224 g/mol. The van der Waals surface area contributed by atoms with E-state index in [1.165, 1.54) is 5.56 Å². The van der Waals surface area contributed by atoms with Crippen LogP contribution in [-0.2, 0) is 4.43 Å². The van der Waals surface area contributed by atoms with Crippen molar-refractivity contribution in [3.8, 4) is 0 Å². The predicted octanol–water partition coefficient (Wildman–Crippen LogP) is 5.07. The molecule has 0 aliphatic carbocycles. The number of benzene rings is 1. The van der Waals surface area contributed by atoms with Crippen molar-refractivity contribution in [2.75, 3.05) is 0 Å². The van der Waals surface area contributed by atoms with E-state index in [4.69, 9.17) is 4.43 Å². The van der Waals surface area contributed by atoms with Crippen LogP contribution in [0.4, 0.5) is 0 Å². The summed E-state index contributed by atoms with van der Waals surface area (Å²) in [5, 5.41) is 0.232. The van der Waals surface area contributed by atoms with Crippen LogP contribution >= 0.6 is 0 Å². The summed E-state index contributed by atoms with van der Waals surface area (Å²) in [4.78, 5) is 0. The molecule has 1 aromatic rings. The Balaban J connectivity index is 2.94. The molecule has 2 heteroatoms. The molecule has 0 saturated carbocycles. The lowest BCUT2D eigenvalue weighted by Crippen LogP contribution is -2.40. The van der Waals surface area contributed by atoms with Crippen LogP contribution in [0.15, 0.2) is 36.4 Å². The summed E-state index contributed by atoms with van der Waals surface area (Å²) in [6.45, 7) is 13.4. The lowest BCUT2D eigenvalue weighted by atomic mass is 10.2. The Bertz CT molecular complexity index is 385. The third-order valence-corrected chi connectivity index (χ3v) is 7.83. The van der Waals surface area contributed by atoms with Crippen molar-refractivity contribution in [3.05, 3.63) is 42.0 Å². The van der Waals surface area contributed by atoms with Gasteiger partial charge in [0.1, 0.15) is 5.76 Å². The zero-order valence-electron chi connectivity index (χ0n) is 11.9. The topological polar surface area (TPSA) is 9.23 Å². The summed E-state index contributed by atoms with van der Waals surface area (Å²) in [5.41, 5.74) is 1.17. The molecule has 0 radical (unpaired) electrons. The molecule has 94 valence electrons. The molecule has 1 aromatic carbocycles. The molecule has 0 aliphatic heterocycles. The summed E-state index contributed by atoms with van der Waals surface area (Å²) in [5.74, 6) is 1.01. The molecule has 0 bridgehead atoms. The van der Waals surface area contributed by atoms with E-state index in [-0.39, 0.29) is 5.04 Å². The highest BCUT2D eigenvalue weighted by Crippen LogP contribution is 2.39. The van der Waals surface area contributed by atoms with Crippen LogP contribution in [0.5, 0.6) is 0 Å². The zero-order valence-corrected chi connectivity index (χ0v) is 12.9. The van der Waals surface area contributed by atoms with Crippen LogP contribution in [0, 0.1) is 0 Å². The molecule has 1 nitrogen and oxygen atoms in total. The maximum atomic E-state index is 6.34. The Labute approximate surface area is 107 Å². The normalized spacial score (nSPS) is 13.6. The van der Waals surface area contributed by atoms with Gasteiger partial charge in [0.05, 0.1) is 0 Å². The first-order chi connectivity index (χ1) is 7.78. The van der Waals surface area contributed by atoms with Crippen LogP contribution in [0.25, 0.3) is 5.76 Å². The van der Waals surface area contributed by atoms with E-state index >= 15 is 0 Å². The van der Waals surface area contributed by atoms with Gasteiger partial charge >= 0.3 is 0 Å². The first-order valence-electron chi connectivity index (χ1n) is 6.18. The zero-order chi connectivity index (χ0) is 13.1. The second kappa shape index (κ2) is 5.09. The van der Waals surface area contributed by atoms with Crippen molar-refractivity contribution < 1.29 is 4.43 Å². The van der Waals surface area contributed by atoms with E-state index in [0.29, 0.717) is 0 Å². The molecule has 0 atom stereocenters. The molecule has 1 rings (SSSR count). The van der Waals surface area contributed by atoms with Gasteiger partial charge in [0, 0.05) is 5.56 Å². The fourth-order valence-electron chi connectivity index (χ4n) is 1.31. The maximum Gasteiger partial charge on any atom is 0.250 e. The molecule has 0 unspecified atom stereocenters. The largest absolute Gasteiger partial charge is 0.543 e. The van der Waals surface area contributed by atoms with E-state index < -0.39 is 8.32 Å². The Morgan fingerprint density at radius 1 is 1.12 bits per heavy atom.